The van der Waals surface area contributed by atoms with Crippen molar-refractivity contribution < 1.29 is 4.79 Å². The number of amides is 1. The van der Waals surface area contributed by atoms with Gasteiger partial charge in [-0.25, -0.2) is 0 Å². The molecule has 3 rings (SSSR count). The highest BCUT2D eigenvalue weighted by Gasteiger charge is 2.41. The first kappa shape index (κ1) is 10.4. The maximum atomic E-state index is 11.5. The van der Waals surface area contributed by atoms with Gasteiger partial charge in [-0.1, -0.05) is 6.58 Å². The van der Waals surface area contributed by atoms with Gasteiger partial charge >= 0.3 is 0 Å². The number of nitrogens with zero attached hydrogens (tertiary/aromatic N) is 3. The van der Waals surface area contributed by atoms with Crippen molar-refractivity contribution >= 4 is 5.91 Å². The van der Waals surface area contributed by atoms with Gasteiger partial charge in [0, 0.05) is 31.1 Å². The van der Waals surface area contributed by atoms with Gasteiger partial charge in [-0.05, 0) is 12.3 Å². The number of hydrogen-bond acceptors (Lipinski definition) is 3. The van der Waals surface area contributed by atoms with Crippen LogP contribution < -0.4 is 5.32 Å². The molecular weight excluding hydrogens is 216 g/mol. The molecule has 17 heavy (non-hydrogen) atoms. The van der Waals surface area contributed by atoms with Crippen LogP contribution in [-0.2, 0) is 17.9 Å². The van der Waals surface area contributed by atoms with Gasteiger partial charge in [0.25, 0.3) is 0 Å². The molecule has 90 valence electrons. The Kier molecular flexibility index (Phi) is 2.21. The molecule has 2 aliphatic heterocycles. The summed E-state index contributed by atoms with van der Waals surface area (Å²) in [6.45, 7) is 7.06. The highest BCUT2D eigenvalue weighted by Crippen LogP contribution is 2.32. The Morgan fingerprint density at radius 2 is 2.41 bits per heavy atom. The van der Waals surface area contributed by atoms with E-state index in [4.69, 9.17) is 0 Å². The Morgan fingerprint density at radius 3 is 3.12 bits per heavy atom. The summed E-state index contributed by atoms with van der Waals surface area (Å²) in [5.74, 6) is 0.143. The number of nitrogens with one attached hydrogen (secondary N) is 1. The molecule has 3 heterocycles. The second kappa shape index (κ2) is 3.61. The third-order valence-corrected chi connectivity index (χ3v) is 3.65. The number of carbonyl (C=O) groups is 1. The molecule has 1 saturated heterocycles. The second-order valence-electron chi connectivity index (χ2n) is 5.02. The largest absolute Gasteiger partial charge is 0.371 e. The summed E-state index contributed by atoms with van der Waals surface area (Å²) in [6.07, 6.45) is 4.25. The second-order valence-corrected chi connectivity index (χ2v) is 5.02. The molecule has 1 fully saturated rings. The van der Waals surface area contributed by atoms with Crippen LogP contribution >= 0.6 is 0 Å². The van der Waals surface area contributed by atoms with Crippen LogP contribution in [0.3, 0.4) is 0 Å². The van der Waals surface area contributed by atoms with E-state index in [1.807, 2.05) is 23.1 Å². The molecule has 0 aliphatic carbocycles. The molecule has 1 N–H and O–H groups in total. The quantitative estimate of drug-likeness (QED) is 0.760. The van der Waals surface area contributed by atoms with E-state index in [1.54, 1.807) is 0 Å². The summed E-state index contributed by atoms with van der Waals surface area (Å²) < 4.78 is 2.02. The molecule has 1 aromatic rings. The fourth-order valence-corrected chi connectivity index (χ4v) is 2.80. The van der Waals surface area contributed by atoms with Gasteiger partial charge in [-0.2, -0.15) is 5.10 Å². The first-order valence-electron chi connectivity index (χ1n) is 5.85. The van der Waals surface area contributed by atoms with E-state index >= 15 is 0 Å². The van der Waals surface area contributed by atoms with Crippen molar-refractivity contribution in [3.63, 3.8) is 0 Å². The molecule has 1 atom stereocenters. The van der Waals surface area contributed by atoms with E-state index in [0.29, 0.717) is 6.42 Å². The van der Waals surface area contributed by atoms with Gasteiger partial charge in [0.05, 0.1) is 18.8 Å². The van der Waals surface area contributed by atoms with E-state index in [0.717, 1.165) is 26.2 Å². The van der Waals surface area contributed by atoms with Gasteiger partial charge < -0.3 is 10.2 Å². The van der Waals surface area contributed by atoms with Crippen LogP contribution in [0.5, 0.6) is 0 Å². The molecule has 0 radical (unpaired) electrons. The average Bonchev–Trinajstić information content (AvgIpc) is 2.83. The van der Waals surface area contributed by atoms with Crippen LogP contribution in [-0.4, -0.2) is 33.7 Å². The van der Waals surface area contributed by atoms with Crippen molar-refractivity contribution in [1.82, 2.24) is 20.0 Å². The number of aromatic nitrogens is 2. The van der Waals surface area contributed by atoms with Gasteiger partial charge in [0.1, 0.15) is 0 Å². The summed E-state index contributed by atoms with van der Waals surface area (Å²) >= 11 is 0. The third kappa shape index (κ3) is 1.71. The fraction of sp³-hybridized carbons (Fsp3) is 0.500. The zero-order chi connectivity index (χ0) is 11.9. The number of hydrogen-bond donors (Lipinski definition) is 1. The van der Waals surface area contributed by atoms with Gasteiger partial charge in [-0.3, -0.25) is 9.48 Å². The van der Waals surface area contributed by atoms with Gasteiger partial charge in [0.15, 0.2) is 0 Å². The predicted molar refractivity (Wildman–Crippen MR) is 62.9 cm³/mol. The van der Waals surface area contributed by atoms with Crippen LogP contribution in [0.2, 0.25) is 0 Å². The molecule has 0 saturated carbocycles. The van der Waals surface area contributed by atoms with Crippen LogP contribution in [0, 0.1) is 5.41 Å². The Labute approximate surface area is 100 Å². The van der Waals surface area contributed by atoms with E-state index in [2.05, 4.69) is 21.9 Å². The predicted octanol–water partition coefficient (Wildman–Crippen LogP) is 0.348. The molecule has 1 amide bonds. The Bertz CT molecular complexity index is 467. The van der Waals surface area contributed by atoms with E-state index in [-0.39, 0.29) is 11.3 Å². The molecule has 0 aromatic carbocycles. The van der Waals surface area contributed by atoms with Crippen LogP contribution in [0.25, 0.3) is 0 Å². The average molecular weight is 232 g/mol. The lowest BCUT2D eigenvalue weighted by Crippen LogP contribution is -2.37. The van der Waals surface area contributed by atoms with E-state index in [1.165, 1.54) is 5.69 Å². The number of carbonyl (C=O) groups excluding carboxylic acids is 1. The zero-order valence-electron chi connectivity index (χ0n) is 9.72. The molecule has 1 unspecified atom stereocenters. The van der Waals surface area contributed by atoms with E-state index in [9.17, 15) is 4.79 Å². The number of fused-ring (bicyclic) bond motifs is 1. The van der Waals surface area contributed by atoms with Crippen molar-refractivity contribution in [3.8, 4) is 0 Å². The standard InChI is InChI=1S/C12H16N4O/c1-2-15-6-10-3-4-14-16(10)9-12(8-15)5-11(17)13-7-12/h2-4H,1,5-9H2,(H,13,17). The first-order valence-corrected chi connectivity index (χ1v) is 5.85. The minimum absolute atomic E-state index is 0.0391. The molecular formula is C12H16N4O. The summed E-state index contributed by atoms with van der Waals surface area (Å²) in [5.41, 5.74) is 1.14. The normalized spacial score (nSPS) is 27.8. The van der Waals surface area contributed by atoms with Crippen LogP contribution in [0.4, 0.5) is 0 Å². The minimum atomic E-state index is -0.0391. The SMILES string of the molecule is C=CN1Cc2ccnn2CC2(CNC(=O)C2)C1. The van der Waals surface area contributed by atoms with Crippen molar-refractivity contribution in [2.24, 2.45) is 5.41 Å². The molecule has 0 bridgehead atoms. The smallest absolute Gasteiger partial charge is 0.220 e. The summed E-state index contributed by atoms with van der Waals surface area (Å²) in [6, 6.07) is 2.03. The van der Waals surface area contributed by atoms with Crippen LogP contribution in [0.15, 0.2) is 25.0 Å². The number of rotatable bonds is 1. The van der Waals surface area contributed by atoms with Gasteiger partial charge in [-0.15, -0.1) is 0 Å². The highest BCUT2D eigenvalue weighted by atomic mass is 16.1. The maximum absolute atomic E-state index is 11.5. The van der Waals surface area contributed by atoms with Gasteiger partial charge in [0.2, 0.25) is 5.91 Å². The van der Waals surface area contributed by atoms with Crippen molar-refractivity contribution in [2.75, 3.05) is 13.1 Å². The maximum Gasteiger partial charge on any atom is 0.220 e. The first-order chi connectivity index (χ1) is 8.21. The minimum Gasteiger partial charge on any atom is -0.371 e. The lowest BCUT2D eigenvalue weighted by Gasteiger charge is -2.29. The molecule has 1 spiro atoms. The third-order valence-electron chi connectivity index (χ3n) is 3.65. The lowest BCUT2D eigenvalue weighted by molar-refractivity contribution is -0.119. The fourth-order valence-electron chi connectivity index (χ4n) is 2.80. The lowest BCUT2D eigenvalue weighted by atomic mass is 9.86. The Hall–Kier alpha value is -1.78. The summed E-state index contributed by atoms with van der Waals surface area (Å²) in [5, 5.41) is 7.28. The monoisotopic (exact) mass is 232 g/mol. The highest BCUT2D eigenvalue weighted by molar-refractivity contribution is 5.79. The van der Waals surface area contributed by atoms with E-state index < -0.39 is 0 Å². The Balaban J connectivity index is 1.96. The zero-order valence-corrected chi connectivity index (χ0v) is 9.72. The molecule has 5 heteroatoms. The Morgan fingerprint density at radius 1 is 1.53 bits per heavy atom. The molecule has 1 aromatic heterocycles. The topological polar surface area (TPSA) is 50.2 Å². The molecule has 5 nitrogen and oxygen atoms in total. The van der Waals surface area contributed by atoms with Crippen molar-refractivity contribution in [3.05, 3.63) is 30.7 Å². The summed E-state index contributed by atoms with van der Waals surface area (Å²) in [4.78, 5) is 13.7. The summed E-state index contributed by atoms with van der Waals surface area (Å²) in [7, 11) is 0. The molecule has 2 aliphatic rings. The van der Waals surface area contributed by atoms with Crippen molar-refractivity contribution in [2.45, 2.75) is 19.5 Å². The van der Waals surface area contributed by atoms with Crippen LogP contribution in [0.1, 0.15) is 12.1 Å². The van der Waals surface area contributed by atoms with Crippen molar-refractivity contribution in [1.29, 1.82) is 0 Å².